The number of hydrogen-bond acceptors (Lipinski definition) is 4. The Hall–Kier alpha value is -2.34. The number of nitrogens with one attached hydrogen (secondary N) is 1. The highest BCUT2D eigenvalue weighted by Gasteiger charge is 2.31. The highest BCUT2D eigenvalue weighted by molar-refractivity contribution is 5.88. The van der Waals surface area contributed by atoms with Crippen LogP contribution < -0.4 is 5.32 Å². The van der Waals surface area contributed by atoms with E-state index in [0.29, 0.717) is 6.04 Å². The van der Waals surface area contributed by atoms with Gasteiger partial charge in [-0.3, -0.25) is 4.90 Å². The lowest BCUT2D eigenvalue weighted by molar-refractivity contribution is 0.0697. The Bertz CT molecular complexity index is 783. The van der Waals surface area contributed by atoms with E-state index in [-0.39, 0.29) is 5.56 Å². The molecule has 1 fully saturated rings. The lowest BCUT2D eigenvalue weighted by atomic mass is 9.97. The number of benzene rings is 1. The smallest absolute Gasteiger partial charge is 0.335 e. The number of likely N-dealkylation sites (tertiary alicyclic amines) is 1. The molecule has 6 heteroatoms. The Labute approximate surface area is 141 Å². The number of rotatable bonds is 3. The zero-order chi connectivity index (χ0) is 16.7. The van der Waals surface area contributed by atoms with E-state index in [1.165, 1.54) is 18.4 Å². The standard InChI is InChI=1S/C18H22N4O2/c1-21-10-3-2-7-15(21)16-14-8-9-19-17(14)22(20-16)13-6-4-5-12(11-13)18(23)24/h4-6,11,15,19H,2-3,7-10H2,1H3,(H,23,24). The van der Waals surface area contributed by atoms with Gasteiger partial charge in [0.25, 0.3) is 0 Å². The van der Waals surface area contributed by atoms with Crippen molar-refractivity contribution >= 4 is 11.8 Å². The van der Waals surface area contributed by atoms with Crippen molar-refractivity contribution in [2.24, 2.45) is 0 Å². The van der Waals surface area contributed by atoms with Crippen molar-refractivity contribution in [3.8, 4) is 5.69 Å². The summed E-state index contributed by atoms with van der Waals surface area (Å²) in [5.74, 6) is 0.104. The molecule has 2 N–H and O–H groups in total. The molecule has 1 unspecified atom stereocenters. The highest BCUT2D eigenvalue weighted by atomic mass is 16.4. The maximum Gasteiger partial charge on any atom is 0.335 e. The highest BCUT2D eigenvalue weighted by Crippen LogP contribution is 2.37. The lowest BCUT2D eigenvalue weighted by Crippen LogP contribution is -2.30. The molecule has 4 rings (SSSR count). The minimum Gasteiger partial charge on any atom is -0.478 e. The Morgan fingerprint density at radius 1 is 1.38 bits per heavy atom. The van der Waals surface area contributed by atoms with Crippen LogP contribution in [0.3, 0.4) is 0 Å². The Balaban J connectivity index is 1.79. The van der Waals surface area contributed by atoms with E-state index in [4.69, 9.17) is 5.10 Å². The maximum absolute atomic E-state index is 11.3. The van der Waals surface area contributed by atoms with Gasteiger partial charge in [0.05, 0.1) is 23.0 Å². The molecule has 1 saturated heterocycles. The fraction of sp³-hybridized carbons (Fsp3) is 0.444. The number of anilines is 1. The van der Waals surface area contributed by atoms with Crippen molar-refractivity contribution < 1.29 is 9.90 Å². The molecule has 0 spiro atoms. The van der Waals surface area contributed by atoms with Crippen molar-refractivity contribution in [2.75, 3.05) is 25.5 Å². The topological polar surface area (TPSA) is 70.4 Å². The number of fused-ring (bicyclic) bond motifs is 1. The van der Waals surface area contributed by atoms with Crippen molar-refractivity contribution in [3.63, 3.8) is 0 Å². The molecule has 126 valence electrons. The van der Waals surface area contributed by atoms with Crippen LogP contribution in [0.1, 0.15) is 46.9 Å². The van der Waals surface area contributed by atoms with Gasteiger partial charge in [0.2, 0.25) is 0 Å². The minimum absolute atomic E-state index is 0.283. The van der Waals surface area contributed by atoms with Crippen molar-refractivity contribution in [1.82, 2.24) is 14.7 Å². The van der Waals surface area contributed by atoms with Gasteiger partial charge in [0, 0.05) is 12.1 Å². The van der Waals surface area contributed by atoms with Gasteiger partial charge in [-0.2, -0.15) is 5.10 Å². The SMILES string of the molecule is CN1CCCCC1c1nn(-c2cccc(C(=O)O)c2)c2c1CCN2. The quantitative estimate of drug-likeness (QED) is 0.907. The van der Waals surface area contributed by atoms with E-state index in [2.05, 4.69) is 17.3 Å². The molecule has 0 bridgehead atoms. The van der Waals surface area contributed by atoms with Gasteiger partial charge >= 0.3 is 5.97 Å². The fourth-order valence-corrected chi connectivity index (χ4v) is 3.85. The molecule has 6 nitrogen and oxygen atoms in total. The number of aromatic carboxylic acids is 1. The summed E-state index contributed by atoms with van der Waals surface area (Å²) in [5, 5.41) is 17.6. The van der Waals surface area contributed by atoms with Crippen LogP contribution in [0.25, 0.3) is 5.69 Å². The summed E-state index contributed by atoms with van der Waals surface area (Å²) in [5.41, 5.74) is 3.52. The first kappa shape index (κ1) is 15.2. The third-order valence-electron chi connectivity index (χ3n) is 5.11. The summed E-state index contributed by atoms with van der Waals surface area (Å²) in [7, 11) is 2.17. The molecular formula is C18H22N4O2. The average molecular weight is 326 g/mol. The van der Waals surface area contributed by atoms with Crippen LogP contribution in [0.2, 0.25) is 0 Å². The predicted molar refractivity (Wildman–Crippen MR) is 91.9 cm³/mol. The summed E-state index contributed by atoms with van der Waals surface area (Å²) in [6, 6.07) is 7.33. The van der Waals surface area contributed by atoms with Crippen molar-refractivity contribution in [2.45, 2.75) is 31.7 Å². The monoisotopic (exact) mass is 326 g/mol. The molecule has 0 saturated carbocycles. The van der Waals surface area contributed by atoms with Gasteiger partial charge in [-0.25, -0.2) is 9.48 Å². The summed E-state index contributed by atoms with van der Waals surface area (Å²) >= 11 is 0. The van der Waals surface area contributed by atoms with Crippen molar-refractivity contribution in [1.29, 1.82) is 0 Å². The van der Waals surface area contributed by atoms with Crippen LogP contribution in [0, 0.1) is 0 Å². The van der Waals surface area contributed by atoms with Crippen LogP contribution in [-0.2, 0) is 6.42 Å². The molecule has 2 aliphatic heterocycles. The number of carboxylic acids is 1. The third-order valence-corrected chi connectivity index (χ3v) is 5.11. The average Bonchev–Trinajstić information content (AvgIpc) is 3.18. The van der Waals surface area contributed by atoms with Gasteiger partial charge in [-0.15, -0.1) is 0 Å². The largest absolute Gasteiger partial charge is 0.478 e. The first-order chi connectivity index (χ1) is 11.6. The predicted octanol–water partition coefficient (Wildman–Crippen LogP) is 2.70. The zero-order valence-corrected chi connectivity index (χ0v) is 13.8. The second kappa shape index (κ2) is 5.94. The number of aromatic nitrogens is 2. The van der Waals surface area contributed by atoms with E-state index >= 15 is 0 Å². The number of piperidine rings is 1. The Morgan fingerprint density at radius 2 is 2.25 bits per heavy atom. The van der Waals surface area contributed by atoms with Gasteiger partial charge in [0.15, 0.2) is 0 Å². The normalized spacial score (nSPS) is 20.6. The van der Waals surface area contributed by atoms with Crippen LogP contribution in [-0.4, -0.2) is 45.9 Å². The molecule has 0 amide bonds. The van der Waals surface area contributed by atoms with Gasteiger partial charge in [-0.1, -0.05) is 12.5 Å². The molecular weight excluding hydrogens is 304 g/mol. The number of carboxylic acid groups (broad SMARTS) is 1. The van der Waals surface area contributed by atoms with E-state index in [9.17, 15) is 9.90 Å². The maximum atomic E-state index is 11.3. The summed E-state index contributed by atoms with van der Waals surface area (Å²) < 4.78 is 1.88. The summed E-state index contributed by atoms with van der Waals surface area (Å²) in [6.07, 6.45) is 4.59. The molecule has 0 radical (unpaired) electrons. The molecule has 3 heterocycles. The van der Waals surface area contributed by atoms with Gasteiger partial charge in [0.1, 0.15) is 5.82 Å². The molecule has 1 atom stereocenters. The molecule has 24 heavy (non-hydrogen) atoms. The summed E-state index contributed by atoms with van der Waals surface area (Å²) in [4.78, 5) is 13.7. The van der Waals surface area contributed by atoms with E-state index in [0.717, 1.165) is 43.1 Å². The zero-order valence-electron chi connectivity index (χ0n) is 13.8. The van der Waals surface area contributed by atoms with E-state index in [1.807, 2.05) is 10.7 Å². The number of hydrogen-bond donors (Lipinski definition) is 2. The third kappa shape index (κ3) is 2.47. The van der Waals surface area contributed by atoms with Crippen molar-refractivity contribution in [3.05, 3.63) is 41.1 Å². The summed E-state index contributed by atoms with van der Waals surface area (Å²) in [6.45, 7) is 2.02. The first-order valence-corrected chi connectivity index (χ1v) is 8.55. The molecule has 2 aromatic rings. The van der Waals surface area contributed by atoms with Crippen LogP contribution in [0.4, 0.5) is 5.82 Å². The molecule has 0 aliphatic carbocycles. The lowest BCUT2D eigenvalue weighted by Gasteiger charge is -2.31. The molecule has 1 aromatic carbocycles. The second-order valence-electron chi connectivity index (χ2n) is 6.65. The minimum atomic E-state index is -0.916. The fourth-order valence-electron chi connectivity index (χ4n) is 3.85. The van der Waals surface area contributed by atoms with E-state index in [1.54, 1.807) is 18.2 Å². The second-order valence-corrected chi connectivity index (χ2v) is 6.65. The van der Waals surface area contributed by atoms with Crippen LogP contribution in [0.15, 0.2) is 24.3 Å². The van der Waals surface area contributed by atoms with E-state index < -0.39 is 5.97 Å². The Kier molecular flexibility index (Phi) is 3.76. The molecule has 2 aliphatic rings. The van der Waals surface area contributed by atoms with Gasteiger partial charge in [-0.05, 0) is 51.1 Å². The number of carbonyl (C=O) groups is 1. The Morgan fingerprint density at radius 3 is 3.04 bits per heavy atom. The van der Waals surface area contributed by atoms with Gasteiger partial charge < -0.3 is 10.4 Å². The molecule has 1 aromatic heterocycles. The number of nitrogens with zero attached hydrogens (tertiary/aromatic N) is 3. The first-order valence-electron chi connectivity index (χ1n) is 8.55. The van der Waals surface area contributed by atoms with Crippen LogP contribution in [0.5, 0.6) is 0 Å². The van der Waals surface area contributed by atoms with Crippen LogP contribution >= 0.6 is 0 Å².